The highest BCUT2D eigenvalue weighted by molar-refractivity contribution is 5.86. The molecular formula is C45H44N2O2. The fourth-order valence-corrected chi connectivity index (χ4v) is 7.59. The van der Waals surface area contributed by atoms with Crippen molar-refractivity contribution in [1.82, 2.24) is 0 Å². The molecule has 0 bridgehead atoms. The summed E-state index contributed by atoms with van der Waals surface area (Å²) in [7, 11) is 0. The van der Waals surface area contributed by atoms with Crippen molar-refractivity contribution in [2.45, 2.75) is 58.8 Å². The molecule has 1 aliphatic rings. The van der Waals surface area contributed by atoms with Crippen LogP contribution < -0.4 is 20.9 Å². The van der Waals surface area contributed by atoms with E-state index in [4.69, 9.17) is 20.9 Å². The third-order valence-electron chi connectivity index (χ3n) is 10.1. The second kappa shape index (κ2) is 13.2. The van der Waals surface area contributed by atoms with Gasteiger partial charge in [-0.2, -0.15) is 0 Å². The Hall–Kier alpha value is -5.48. The van der Waals surface area contributed by atoms with Crippen LogP contribution in [0.1, 0.15) is 72.2 Å². The van der Waals surface area contributed by atoms with Crippen LogP contribution in [0, 0.1) is 0 Å². The third-order valence-corrected chi connectivity index (χ3v) is 10.1. The van der Waals surface area contributed by atoms with Gasteiger partial charge in [0.15, 0.2) is 0 Å². The highest BCUT2D eigenvalue weighted by Crippen LogP contribution is 2.57. The van der Waals surface area contributed by atoms with E-state index in [-0.39, 0.29) is 0 Å². The predicted molar refractivity (Wildman–Crippen MR) is 203 cm³/mol. The zero-order valence-electron chi connectivity index (χ0n) is 28.8. The van der Waals surface area contributed by atoms with Crippen molar-refractivity contribution >= 4 is 11.4 Å². The minimum Gasteiger partial charge on any atom is -0.457 e. The van der Waals surface area contributed by atoms with Gasteiger partial charge >= 0.3 is 0 Å². The van der Waals surface area contributed by atoms with E-state index >= 15 is 0 Å². The van der Waals surface area contributed by atoms with Gasteiger partial charge in [0.25, 0.3) is 0 Å². The average Bonchev–Trinajstić information content (AvgIpc) is 3.44. The Morgan fingerprint density at radius 3 is 1.16 bits per heavy atom. The van der Waals surface area contributed by atoms with E-state index in [1.54, 1.807) is 0 Å². The summed E-state index contributed by atoms with van der Waals surface area (Å²) in [4.78, 5) is 0. The number of fused-ring (bicyclic) bond motifs is 3. The summed E-state index contributed by atoms with van der Waals surface area (Å²) >= 11 is 0. The van der Waals surface area contributed by atoms with Gasteiger partial charge in [0.05, 0.1) is 5.41 Å². The van der Waals surface area contributed by atoms with Gasteiger partial charge in [-0.1, -0.05) is 100 Å². The van der Waals surface area contributed by atoms with Crippen LogP contribution in [0.15, 0.2) is 121 Å². The lowest BCUT2D eigenvalue weighted by atomic mass is 9.67. The molecule has 0 amide bonds. The minimum absolute atomic E-state index is 0.538. The average molecular weight is 645 g/mol. The Morgan fingerprint density at radius 1 is 0.429 bits per heavy atom. The molecule has 0 aromatic heterocycles. The fourth-order valence-electron chi connectivity index (χ4n) is 7.59. The molecule has 6 aromatic rings. The molecule has 1 aliphatic carbocycles. The van der Waals surface area contributed by atoms with Gasteiger partial charge in [-0.3, -0.25) is 0 Å². The second-order valence-corrected chi connectivity index (χ2v) is 12.8. The summed E-state index contributed by atoms with van der Waals surface area (Å²) in [5.41, 5.74) is 25.2. The Kier molecular flexibility index (Phi) is 8.64. The molecule has 49 heavy (non-hydrogen) atoms. The van der Waals surface area contributed by atoms with Gasteiger partial charge < -0.3 is 20.9 Å². The summed E-state index contributed by atoms with van der Waals surface area (Å²) < 4.78 is 13.3. The van der Waals surface area contributed by atoms with Gasteiger partial charge in [-0.15, -0.1) is 0 Å². The van der Waals surface area contributed by atoms with Gasteiger partial charge in [0, 0.05) is 11.4 Å². The van der Waals surface area contributed by atoms with Crippen LogP contribution in [-0.2, 0) is 31.1 Å². The third kappa shape index (κ3) is 5.51. The molecule has 6 aromatic carbocycles. The lowest BCUT2D eigenvalue weighted by molar-refractivity contribution is 0.470. The van der Waals surface area contributed by atoms with E-state index < -0.39 is 5.41 Å². The van der Waals surface area contributed by atoms with E-state index in [1.807, 2.05) is 36.4 Å². The Bertz CT molecular complexity index is 2010. The topological polar surface area (TPSA) is 70.5 Å². The second-order valence-electron chi connectivity index (χ2n) is 12.8. The number of rotatable bonds is 10. The molecule has 0 atom stereocenters. The van der Waals surface area contributed by atoms with Crippen molar-refractivity contribution in [1.29, 1.82) is 0 Å². The zero-order valence-corrected chi connectivity index (χ0v) is 28.8. The minimum atomic E-state index is -0.538. The number of hydrogen-bond donors (Lipinski definition) is 2. The van der Waals surface area contributed by atoms with Gasteiger partial charge in [0.2, 0.25) is 0 Å². The van der Waals surface area contributed by atoms with Crippen molar-refractivity contribution in [3.63, 3.8) is 0 Å². The molecule has 4 heteroatoms. The van der Waals surface area contributed by atoms with Crippen LogP contribution in [-0.4, -0.2) is 0 Å². The number of nitrogens with two attached hydrogens (primary N) is 2. The van der Waals surface area contributed by atoms with Crippen LogP contribution in [0.5, 0.6) is 23.0 Å². The van der Waals surface area contributed by atoms with Crippen LogP contribution in [0.2, 0.25) is 0 Å². The fraction of sp³-hybridized carbons (Fsp3) is 0.200. The summed E-state index contributed by atoms with van der Waals surface area (Å²) in [6.07, 6.45) is 3.34. The van der Waals surface area contributed by atoms with E-state index in [2.05, 4.69) is 113 Å². The monoisotopic (exact) mass is 644 g/mol. The number of benzene rings is 6. The van der Waals surface area contributed by atoms with Crippen LogP contribution >= 0.6 is 0 Å². The van der Waals surface area contributed by atoms with E-state index in [0.29, 0.717) is 0 Å². The largest absolute Gasteiger partial charge is 0.457 e. The Labute approximate surface area is 290 Å². The zero-order chi connectivity index (χ0) is 34.1. The summed E-state index contributed by atoms with van der Waals surface area (Å²) in [6.45, 7) is 8.65. The Morgan fingerprint density at radius 2 is 0.776 bits per heavy atom. The van der Waals surface area contributed by atoms with Crippen molar-refractivity contribution in [3.8, 4) is 34.1 Å². The molecule has 246 valence electrons. The van der Waals surface area contributed by atoms with Crippen molar-refractivity contribution < 1.29 is 9.47 Å². The van der Waals surface area contributed by atoms with Gasteiger partial charge in [0.1, 0.15) is 23.0 Å². The number of anilines is 2. The van der Waals surface area contributed by atoms with Crippen molar-refractivity contribution in [2.24, 2.45) is 0 Å². The lowest BCUT2D eigenvalue weighted by Gasteiger charge is -2.35. The molecule has 0 spiro atoms. The summed E-state index contributed by atoms with van der Waals surface area (Å²) in [5, 5.41) is 0. The van der Waals surface area contributed by atoms with Crippen molar-refractivity contribution in [3.05, 3.63) is 166 Å². The number of aryl methyl sites for hydroxylation is 4. The quantitative estimate of drug-likeness (QED) is 0.145. The number of hydrogen-bond acceptors (Lipinski definition) is 4. The SMILES string of the molecule is CCc1cc(N)ccc1Oc1ccc(C2(c3ccc(Oc4ccc(N)cc4CC)c(CC)c3)c3ccccc3-c3ccccc32)cc1CC. The number of nitrogen functional groups attached to an aromatic ring is 2. The first kappa shape index (κ1) is 32.1. The van der Waals surface area contributed by atoms with Crippen LogP contribution in [0.25, 0.3) is 11.1 Å². The van der Waals surface area contributed by atoms with Crippen LogP contribution in [0.4, 0.5) is 11.4 Å². The molecule has 0 saturated heterocycles. The molecule has 4 N–H and O–H groups in total. The van der Waals surface area contributed by atoms with E-state index in [1.165, 1.54) is 33.4 Å². The molecular weight excluding hydrogens is 601 g/mol. The first-order chi connectivity index (χ1) is 23.9. The smallest absolute Gasteiger partial charge is 0.130 e. The molecule has 0 saturated carbocycles. The first-order valence-corrected chi connectivity index (χ1v) is 17.5. The Balaban J connectivity index is 1.41. The normalized spacial score (nSPS) is 12.7. The van der Waals surface area contributed by atoms with E-state index in [9.17, 15) is 0 Å². The maximum absolute atomic E-state index is 6.63. The standard InChI is InChI=1S/C45H44N2O2/c1-5-29-25-33(17-21-41(29)48-43-23-19-35(46)27-31(43)7-3)45(39-15-11-9-13-37(39)38-14-10-12-16-40(38)45)34-18-22-42(30(6-2)26-34)49-44-24-20-36(47)28-32(44)8-4/h9-28H,5-8,46-47H2,1-4H3. The molecule has 7 rings (SSSR count). The molecule has 0 aliphatic heterocycles. The van der Waals surface area contributed by atoms with Gasteiger partial charge in [-0.05, 0) is 130 Å². The molecule has 0 unspecified atom stereocenters. The number of ether oxygens (including phenoxy) is 2. The van der Waals surface area contributed by atoms with E-state index in [0.717, 1.165) is 82.3 Å². The molecule has 0 fully saturated rings. The highest BCUT2D eigenvalue weighted by atomic mass is 16.5. The first-order valence-electron chi connectivity index (χ1n) is 17.5. The van der Waals surface area contributed by atoms with Gasteiger partial charge in [-0.25, -0.2) is 0 Å². The van der Waals surface area contributed by atoms with Crippen molar-refractivity contribution in [2.75, 3.05) is 11.5 Å². The maximum atomic E-state index is 6.63. The van der Waals surface area contributed by atoms with Crippen LogP contribution in [0.3, 0.4) is 0 Å². The highest BCUT2D eigenvalue weighted by Gasteiger charge is 2.46. The summed E-state index contributed by atoms with van der Waals surface area (Å²) in [6, 6.07) is 43.0. The molecule has 0 radical (unpaired) electrons. The molecule has 4 nitrogen and oxygen atoms in total. The maximum Gasteiger partial charge on any atom is 0.130 e. The predicted octanol–water partition coefficient (Wildman–Crippen LogP) is 11.0. The lowest BCUT2D eigenvalue weighted by Crippen LogP contribution is -2.29. The summed E-state index contributed by atoms with van der Waals surface area (Å²) in [5.74, 6) is 3.43. The molecule has 0 heterocycles.